The molecule has 0 bridgehead atoms. The fourth-order valence-corrected chi connectivity index (χ4v) is 7.11. The molecule has 0 radical (unpaired) electrons. The SMILES string of the molecule is CCCCCCCC(C(=[N+]=[N-])S(=O)(=O)c1ccc(Cl)cc1)S(=O)(=O)c1ccc(Cl)cc1. The molecule has 0 saturated carbocycles. The second-order valence-electron chi connectivity index (χ2n) is 7.09. The zero-order valence-electron chi connectivity index (χ0n) is 17.0. The van der Waals surface area contributed by atoms with Crippen molar-refractivity contribution in [2.45, 2.75) is 60.5 Å². The first-order valence-corrected chi connectivity index (χ1v) is 13.6. The molecule has 168 valence electrons. The van der Waals surface area contributed by atoms with Crippen LogP contribution in [0.15, 0.2) is 58.3 Å². The Bertz CT molecular complexity index is 1140. The van der Waals surface area contributed by atoms with E-state index in [1.807, 2.05) is 0 Å². The van der Waals surface area contributed by atoms with Crippen molar-refractivity contribution in [1.82, 2.24) is 0 Å². The van der Waals surface area contributed by atoms with Crippen molar-refractivity contribution in [3.63, 3.8) is 0 Å². The van der Waals surface area contributed by atoms with Crippen molar-refractivity contribution >= 4 is 47.9 Å². The first-order valence-electron chi connectivity index (χ1n) is 9.86. The van der Waals surface area contributed by atoms with Crippen LogP contribution in [0.3, 0.4) is 0 Å². The van der Waals surface area contributed by atoms with Crippen LogP contribution >= 0.6 is 23.2 Å². The van der Waals surface area contributed by atoms with E-state index in [0.717, 1.165) is 25.7 Å². The molecule has 0 amide bonds. The number of rotatable bonds is 10. The van der Waals surface area contributed by atoms with Gasteiger partial charge in [0.15, 0.2) is 15.1 Å². The fraction of sp³-hybridized carbons (Fsp3) is 0.381. The molecule has 6 nitrogen and oxygen atoms in total. The third kappa shape index (κ3) is 6.40. The van der Waals surface area contributed by atoms with Crippen LogP contribution in [-0.2, 0) is 19.7 Å². The molecule has 0 aromatic heterocycles. The molecule has 0 N–H and O–H groups in total. The summed E-state index contributed by atoms with van der Waals surface area (Å²) in [6.07, 6.45) is 4.12. The van der Waals surface area contributed by atoms with E-state index >= 15 is 0 Å². The van der Waals surface area contributed by atoms with Gasteiger partial charge in [0.25, 0.3) is 9.84 Å². The summed E-state index contributed by atoms with van der Waals surface area (Å²) in [5.41, 5.74) is 9.64. The van der Waals surface area contributed by atoms with Crippen molar-refractivity contribution in [3.05, 3.63) is 64.1 Å². The number of nitrogens with zero attached hydrogens (tertiary/aromatic N) is 2. The van der Waals surface area contributed by atoms with Gasteiger partial charge in [0.05, 0.1) is 9.79 Å². The Kier molecular flexibility index (Phi) is 9.28. The normalized spacial score (nSPS) is 12.9. The molecule has 0 aliphatic rings. The van der Waals surface area contributed by atoms with Crippen LogP contribution in [0.25, 0.3) is 5.53 Å². The Morgan fingerprint density at radius 3 is 1.81 bits per heavy atom. The number of hydrogen-bond acceptors (Lipinski definition) is 4. The topological polar surface area (TPSA) is 105 Å². The highest BCUT2D eigenvalue weighted by atomic mass is 35.5. The Morgan fingerprint density at radius 2 is 1.32 bits per heavy atom. The average Bonchev–Trinajstić information content (AvgIpc) is 2.73. The molecule has 0 aliphatic carbocycles. The maximum absolute atomic E-state index is 13.4. The van der Waals surface area contributed by atoms with E-state index in [1.165, 1.54) is 48.5 Å². The largest absolute Gasteiger partial charge is 0.404 e. The van der Waals surface area contributed by atoms with Crippen LogP contribution in [-0.4, -0.2) is 31.9 Å². The van der Waals surface area contributed by atoms with Gasteiger partial charge in [-0.15, -0.1) is 0 Å². The van der Waals surface area contributed by atoms with Crippen molar-refractivity contribution in [2.75, 3.05) is 0 Å². The zero-order valence-corrected chi connectivity index (χ0v) is 20.2. The second-order valence-corrected chi connectivity index (χ2v) is 12.0. The minimum absolute atomic E-state index is 0.000880. The molecule has 10 heteroatoms. The third-order valence-corrected chi connectivity index (χ3v) is 9.46. The summed E-state index contributed by atoms with van der Waals surface area (Å²) in [7, 11) is -8.55. The number of hydrogen-bond donors (Lipinski definition) is 0. The zero-order chi connectivity index (χ0) is 23.1. The third-order valence-electron chi connectivity index (χ3n) is 4.86. The summed E-state index contributed by atoms with van der Waals surface area (Å²) in [6, 6.07) is 10.7. The second kappa shape index (κ2) is 11.2. The standard InChI is InChI=1S/C21H24Cl2N2O4S2/c1-2-3-4-5-6-7-20(30(26,27)18-12-8-16(22)9-13-18)21(25-24)31(28,29)19-14-10-17(23)11-15-19/h8-15,20H,2-7H2,1H3. The molecular formula is C21H24Cl2N2O4S2. The van der Waals surface area contributed by atoms with Gasteiger partial charge in [0.1, 0.15) is 0 Å². The summed E-state index contributed by atoms with van der Waals surface area (Å²) in [5.74, 6) is 0. The van der Waals surface area contributed by atoms with Crippen LogP contribution in [0.2, 0.25) is 10.0 Å². The maximum atomic E-state index is 13.4. The smallest absolute Gasteiger partial charge is 0.360 e. The quantitative estimate of drug-likeness (QED) is 0.138. The predicted molar refractivity (Wildman–Crippen MR) is 123 cm³/mol. The molecule has 1 unspecified atom stereocenters. The van der Waals surface area contributed by atoms with Gasteiger partial charge in [0, 0.05) is 10.0 Å². The maximum Gasteiger partial charge on any atom is 0.404 e. The van der Waals surface area contributed by atoms with Crippen LogP contribution < -0.4 is 0 Å². The van der Waals surface area contributed by atoms with Crippen LogP contribution in [0.1, 0.15) is 45.4 Å². The molecule has 0 spiro atoms. The molecule has 0 fully saturated rings. The summed E-state index contributed by atoms with van der Waals surface area (Å²) < 4.78 is 53.1. The predicted octanol–water partition coefficient (Wildman–Crippen LogP) is 5.60. The minimum atomic E-state index is -4.38. The molecule has 0 saturated heterocycles. The van der Waals surface area contributed by atoms with Crippen molar-refractivity contribution in [3.8, 4) is 0 Å². The first kappa shape index (κ1) is 25.6. The summed E-state index contributed by atoms with van der Waals surface area (Å²) in [6.45, 7) is 2.06. The first-order chi connectivity index (χ1) is 14.6. The van der Waals surface area contributed by atoms with Crippen molar-refractivity contribution in [1.29, 1.82) is 0 Å². The Labute approximate surface area is 193 Å². The van der Waals surface area contributed by atoms with Gasteiger partial charge in [-0.05, 0) is 55.0 Å². The average molecular weight is 503 g/mol. The highest BCUT2D eigenvalue weighted by Crippen LogP contribution is 2.27. The van der Waals surface area contributed by atoms with Crippen molar-refractivity contribution < 1.29 is 21.6 Å². The molecular weight excluding hydrogens is 479 g/mol. The van der Waals surface area contributed by atoms with Gasteiger partial charge in [-0.25, -0.2) is 16.8 Å². The Hall–Kier alpha value is -1.70. The molecule has 2 aromatic rings. The van der Waals surface area contributed by atoms with Gasteiger partial charge in [-0.3, -0.25) is 0 Å². The van der Waals surface area contributed by atoms with Gasteiger partial charge in [-0.2, -0.15) is 4.79 Å². The lowest BCUT2D eigenvalue weighted by Gasteiger charge is -2.15. The molecule has 0 aliphatic heterocycles. The number of unbranched alkanes of at least 4 members (excludes halogenated alkanes) is 4. The highest BCUT2D eigenvalue weighted by molar-refractivity contribution is 8.08. The summed E-state index contributed by atoms with van der Waals surface area (Å²) in [5, 5.41) is -1.68. The lowest BCUT2D eigenvalue weighted by Crippen LogP contribution is -2.36. The van der Waals surface area contributed by atoms with Gasteiger partial charge in [0.2, 0.25) is 0 Å². The van der Waals surface area contributed by atoms with E-state index < -0.39 is 30.0 Å². The number of sulfone groups is 2. The van der Waals surface area contributed by atoms with Gasteiger partial charge >= 0.3 is 5.04 Å². The van der Waals surface area contributed by atoms with E-state index in [2.05, 4.69) is 11.7 Å². The molecule has 31 heavy (non-hydrogen) atoms. The van der Waals surface area contributed by atoms with E-state index in [9.17, 15) is 22.4 Å². The Balaban J connectivity index is 2.50. The Morgan fingerprint density at radius 1 is 0.839 bits per heavy atom. The monoisotopic (exact) mass is 502 g/mol. The number of benzene rings is 2. The summed E-state index contributed by atoms with van der Waals surface area (Å²) in [4.78, 5) is 2.68. The summed E-state index contributed by atoms with van der Waals surface area (Å²) >= 11 is 11.7. The molecule has 0 heterocycles. The van der Waals surface area contributed by atoms with E-state index in [-0.39, 0.29) is 16.2 Å². The van der Waals surface area contributed by atoms with Crippen molar-refractivity contribution in [2.24, 2.45) is 0 Å². The van der Waals surface area contributed by atoms with E-state index in [4.69, 9.17) is 23.2 Å². The van der Waals surface area contributed by atoms with Gasteiger partial charge in [-0.1, -0.05) is 62.2 Å². The minimum Gasteiger partial charge on any atom is -0.360 e. The fourth-order valence-electron chi connectivity index (χ4n) is 3.16. The van der Waals surface area contributed by atoms with E-state index in [1.54, 1.807) is 0 Å². The number of halogens is 2. The van der Waals surface area contributed by atoms with Crippen LogP contribution in [0, 0.1) is 0 Å². The van der Waals surface area contributed by atoms with Gasteiger partial charge < -0.3 is 5.53 Å². The lowest BCUT2D eigenvalue weighted by molar-refractivity contribution is -0.00318. The molecule has 1 atom stereocenters. The molecule has 2 rings (SSSR count). The lowest BCUT2D eigenvalue weighted by atomic mass is 10.1. The molecule has 2 aromatic carbocycles. The highest BCUT2D eigenvalue weighted by Gasteiger charge is 2.46. The van der Waals surface area contributed by atoms with Crippen LogP contribution in [0.5, 0.6) is 0 Å². The van der Waals surface area contributed by atoms with Crippen LogP contribution in [0.4, 0.5) is 0 Å². The van der Waals surface area contributed by atoms with E-state index in [0.29, 0.717) is 16.5 Å².